The highest BCUT2D eigenvalue weighted by Gasteiger charge is 2.21. The molecular weight excluding hydrogens is 298 g/mol. The maximum absolute atomic E-state index is 11.0. The molecule has 0 unspecified atom stereocenters. The quantitative estimate of drug-likeness (QED) is 0.630. The summed E-state index contributed by atoms with van der Waals surface area (Å²) in [4.78, 5) is 22.3. The number of carboxylic acid groups (broad SMARTS) is 2. The number of nitrogen functional groups attached to an aromatic ring is 1. The van der Waals surface area contributed by atoms with Gasteiger partial charge in [-0.15, -0.1) is 0 Å². The number of hydrogen-bond acceptors (Lipinski definition) is 4. The first-order valence-electron chi connectivity index (χ1n) is 6.87. The van der Waals surface area contributed by atoms with E-state index in [0.29, 0.717) is 28.4 Å². The van der Waals surface area contributed by atoms with Gasteiger partial charge in [0, 0.05) is 17.9 Å². The highest BCUT2D eigenvalue weighted by atomic mass is 16.4. The molecule has 7 nitrogen and oxygen atoms in total. The zero-order chi connectivity index (χ0) is 16.8. The summed E-state index contributed by atoms with van der Waals surface area (Å²) in [6, 6.07) is 14.6. The zero-order valence-electron chi connectivity index (χ0n) is 12.3. The van der Waals surface area contributed by atoms with Crippen LogP contribution in [0.2, 0.25) is 0 Å². The van der Waals surface area contributed by atoms with Crippen LogP contribution in [0.25, 0.3) is 0 Å². The molecule has 0 spiro atoms. The number of anilines is 2. The molecule has 2 aromatic carbocycles. The highest BCUT2D eigenvalue weighted by molar-refractivity contribution is 5.85. The molecule has 0 aliphatic heterocycles. The Morgan fingerprint density at radius 1 is 1.04 bits per heavy atom. The van der Waals surface area contributed by atoms with Gasteiger partial charge < -0.3 is 21.3 Å². The van der Waals surface area contributed by atoms with Gasteiger partial charge in [0.25, 0.3) is 0 Å². The number of imide groups is 1. The summed E-state index contributed by atoms with van der Waals surface area (Å²) in [6.07, 6.45) is -3.07. The first-order chi connectivity index (χ1) is 11.0. The fraction of sp³-hybridized carbons (Fsp3) is 0.125. The molecule has 0 bridgehead atoms. The van der Waals surface area contributed by atoms with Gasteiger partial charge in [0.1, 0.15) is 0 Å². The molecule has 2 aromatic rings. The minimum atomic E-state index is -1.53. The second-order valence-corrected chi connectivity index (χ2v) is 4.91. The molecule has 0 radical (unpaired) electrons. The summed E-state index contributed by atoms with van der Waals surface area (Å²) in [5.74, 6) is 0. The van der Waals surface area contributed by atoms with Crippen LogP contribution in [0.15, 0.2) is 48.5 Å². The summed E-state index contributed by atoms with van der Waals surface area (Å²) in [5.41, 5.74) is 8.32. The normalized spacial score (nSPS) is 10.1. The lowest BCUT2D eigenvalue weighted by molar-refractivity contribution is 0.120. The van der Waals surface area contributed by atoms with Crippen molar-refractivity contribution in [2.24, 2.45) is 0 Å². The zero-order valence-corrected chi connectivity index (χ0v) is 12.3. The summed E-state index contributed by atoms with van der Waals surface area (Å²) in [5, 5.41) is 21.1. The van der Waals surface area contributed by atoms with Gasteiger partial charge in [-0.25, -0.2) is 14.5 Å². The number of nitrogens with one attached hydrogen (secondary N) is 1. The Morgan fingerprint density at radius 2 is 1.70 bits per heavy atom. The van der Waals surface area contributed by atoms with Crippen molar-refractivity contribution in [3.8, 4) is 0 Å². The summed E-state index contributed by atoms with van der Waals surface area (Å²) in [6.45, 7) is 0.227. The van der Waals surface area contributed by atoms with E-state index in [2.05, 4.69) is 5.32 Å². The average Bonchev–Trinajstić information content (AvgIpc) is 2.52. The molecule has 7 heteroatoms. The molecular formula is C16H17N3O4. The number of hydrogen-bond donors (Lipinski definition) is 4. The van der Waals surface area contributed by atoms with Crippen LogP contribution in [-0.4, -0.2) is 27.3 Å². The molecule has 0 aliphatic carbocycles. The third-order valence-corrected chi connectivity index (χ3v) is 3.25. The second kappa shape index (κ2) is 7.17. The van der Waals surface area contributed by atoms with Gasteiger partial charge in [-0.05, 0) is 29.3 Å². The Hall–Kier alpha value is -3.22. The average molecular weight is 315 g/mol. The summed E-state index contributed by atoms with van der Waals surface area (Å²) < 4.78 is 0. The lowest BCUT2D eigenvalue weighted by Crippen LogP contribution is -2.34. The molecule has 0 saturated carbocycles. The number of nitrogens with zero attached hydrogens (tertiary/aromatic N) is 1. The first kappa shape index (κ1) is 16.2. The van der Waals surface area contributed by atoms with E-state index < -0.39 is 12.2 Å². The lowest BCUT2D eigenvalue weighted by atomic mass is 10.1. The number of amides is 2. The van der Waals surface area contributed by atoms with Crippen LogP contribution in [0.5, 0.6) is 0 Å². The van der Waals surface area contributed by atoms with E-state index in [1.807, 2.05) is 30.3 Å². The van der Waals surface area contributed by atoms with E-state index in [9.17, 15) is 9.59 Å². The predicted molar refractivity (Wildman–Crippen MR) is 86.2 cm³/mol. The van der Waals surface area contributed by atoms with Crippen molar-refractivity contribution in [1.29, 1.82) is 0 Å². The first-order valence-corrected chi connectivity index (χ1v) is 6.87. The number of benzene rings is 2. The smallest absolute Gasteiger partial charge is 0.417 e. The molecule has 0 fully saturated rings. The fourth-order valence-corrected chi connectivity index (χ4v) is 2.10. The van der Waals surface area contributed by atoms with E-state index in [1.165, 1.54) is 0 Å². The minimum Gasteiger partial charge on any atom is -0.465 e. The Balaban J connectivity index is 2.19. The van der Waals surface area contributed by atoms with Crippen molar-refractivity contribution >= 4 is 23.6 Å². The van der Waals surface area contributed by atoms with Gasteiger partial charge >= 0.3 is 12.2 Å². The molecule has 23 heavy (non-hydrogen) atoms. The van der Waals surface area contributed by atoms with E-state index in [-0.39, 0.29) is 6.54 Å². The molecule has 0 heterocycles. The lowest BCUT2D eigenvalue weighted by Gasteiger charge is -2.17. The Morgan fingerprint density at radius 3 is 2.30 bits per heavy atom. The number of carbonyl (C=O) groups is 2. The second-order valence-electron chi connectivity index (χ2n) is 4.91. The van der Waals surface area contributed by atoms with Gasteiger partial charge in [-0.1, -0.05) is 30.3 Å². The van der Waals surface area contributed by atoms with Crippen molar-refractivity contribution in [3.05, 3.63) is 59.7 Å². The standard InChI is InChI=1S/C16H17N3O4/c17-13-6-7-14(18-9-11-4-2-1-3-5-11)12(8-13)10-19(15(20)21)16(22)23/h1-8,18H,9-10,17H2,(H,20,21)(H,22,23). The van der Waals surface area contributed by atoms with Crippen molar-refractivity contribution in [3.63, 3.8) is 0 Å². The van der Waals surface area contributed by atoms with Crippen LogP contribution in [-0.2, 0) is 13.1 Å². The van der Waals surface area contributed by atoms with Crippen LogP contribution < -0.4 is 11.1 Å². The molecule has 2 rings (SSSR count). The van der Waals surface area contributed by atoms with Crippen LogP contribution in [0.3, 0.4) is 0 Å². The third-order valence-electron chi connectivity index (χ3n) is 3.25. The highest BCUT2D eigenvalue weighted by Crippen LogP contribution is 2.22. The van der Waals surface area contributed by atoms with Crippen LogP contribution in [0.4, 0.5) is 21.0 Å². The van der Waals surface area contributed by atoms with Crippen LogP contribution in [0, 0.1) is 0 Å². The monoisotopic (exact) mass is 315 g/mol. The Labute approximate surface area is 133 Å². The minimum absolute atomic E-state index is 0.299. The molecule has 120 valence electrons. The number of rotatable bonds is 5. The predicted octanol–water partition coefficient (Wildman–Crippen LogP) is 3.04. The van der Waals surface area contributed by atoms with Crippen molar-refractivity contribution in [2.75, 3.05) is 11.1 Å². The molecule has 0 aliphatic rings. The van der Waals surface area contributed by atoms with Gasteiger partial charge in [0.2, 0.25) is 0 Å². The molecule has 0 atom stereocenters. The van der Waals surface area contributed by atoms with Crippen LogP contribution in [0.1, 0.15) is 11.1 Å². The maximum Gasteiger partial charge on any atom is 0.417 e. The van der Waals surface area contributed by atoms with Crippen molar-refractivity contribution < 1.29 is 19.8 Å². The van der Waals surface area contributed by atoms with Gasteiger partial charge in [-0.3, -0.25) is 0 Å². The van der Waals surface area contributed by atoms with E-state index >= 15 is 0 Å². The van der Waals surface area contributed by atoms with Crippen LogP contribution >= 0.6 is 0 Å². The van der Waals surface area contributed by atoms with Gasteiger partial charge in [0.05, 0.1) is 6.54 Å². The molecule has 5 N–H and O–H groups in total. The molecule has 2 amide bonds. The van der Waals surface area contributed by atoms with Crippen molar-refractivity contribution in [2.45, 2.75) is 13.1 Å². The molecule has 0 saturated heterocycles. The largest absolute Gasteiger partial charge is 0.465 e. The van der Waals surface area contributed by atoms with Crippen molar-refractivity contribution in [1.82, 2.24) is 4.90 Å². The van der Waals surface area contributed by atoms with E-state index in [1.54, 1.807) is 18.2 Å². The van der Waals surface area contributed by atoms with Gasteiger partial charge in [0.15, 0.2) is 0 Å². The van der Waals surface area contributed by atoms with Gasteiger partial charge in [-0.2, -0.15) is 0 Å². The number of nitrogens with two attached hydrogens (primary N) is 1. The van der Waals surface area contributed by atoms with E-state index in [0.717, 1.165) is 5.56 Å². The topological polar surface area (TPSA) is 116 Å². The third kappa shape index (κ3) is 4.37. The summed E-state index contributed by atoms with van der Waals surface area (Å²) >= 11 is 0. The Bertz CT molecular complexity index is 690. The Kier molecular flexibility index (Phi) is 5.03. The molecule has 0 aromatic heterocycles. The maximum atomic E-state index is 11.0. The fourth-order valence-electron chi connectivity index (χ4n) is 2.10. The summed E-state index contributed by atoms with van der Waals surface area (Å²) in [7, 11) is 0. The SMILES string of the molecule is Nc1ccc(NCc2ccccc2)c(CN(C(=O)O)C(=O)O)c1. The van der Waals surface area contributed by atoms with E-state index in [4.69, 9.17) is 15.9 Å².